The molecule has 3 aromatic carbocycles. The second-order valence-corrected chi connectivity index (χ2v) is 8.29. The largest absolute Gasteiger partial charge is 0.497 e. The zero-order chi connectivity index (χ0) is 24.8. The summed E-state index contributed by atoms with van der Waals surface area (Å²) in [5.74, 6) is 0.484. The van der Waals surface area contributed by atoms with Crippen LogP contribution in [0.2, 0.25) is 0 Å². The lowest BCUT2D eigenvalue weighted by Crippen LogP contribution is -2.47. The van der Waals surface area contributed by atoms with Crippen LogP contribution in [0.15, 0.2) is 72.8 Å². The Kier molecular flexibility index (Phi) is 7.67. The van der Waals surface area contributed by atoms with Gasteiger partial charge in [0, 0.05) is 31.5 Å². The average molecular weight is 475 g/mol. The van der Waals surface area contributed by atoms with E-state index in [-0.39, 0.29) is 11.8 Å². The number of anilines is 1. The van der Waals surface area contributed by atoms with Crippen LogP contribution < -0.4 is 19.7 Å². The predicted molar refractivity (Wildman–Crippen MR) is 134 cm³/mol. The molecule has 1 aliphatic rings. The third kappa shape index (κ3) is 5.00. The number of hydrogen-bond donors (Lipinski definition) is 1. The summed E-state index contributed by atoms with van der Waals surface area (Å²) in [6.07, 6.45) is 0.699. The molecule has 0 spiro atoms. The van der Waals surface area contributed by atoms with E-state index in [0.717, 1.165) is 5.56 Å². The molecule has 4 rings (SSSR count). The number of benzene rings is 3. The maximum Gasteiger partial charge on any atom is 0.259 e. The van der Waals surface area contributed by atoms with Crippen LogP contribution in [0.1, 0.15) is 39.9 Å². The van der Waals surface area contributed by atoms with Crippen molar-refractivity contribution in [3.05, 3.63) is 89.5 Å². The number of ether oxygens (including phenoxy) is 3. The number of amides is 2. The minimum atomic E-state index is -0.609. The summed E-state index contributed by atoms with van der Waals surface area (Å²) in [6.45, 7) is 1.04. The first-order chi connectivity index (χ1) is 17.1. The number of methoxy groups -OCH3 is 3. The van der Waals surface area contributed by atoms with Gasteiger partial charge < -0.3 is 19.5 Å². The van der Waals surface area contributed by atoms with Crippen LogP contribution in [-0.4, -0.2) is 46.3 Å². The van der Waals surface area contributed by atoms with Crippen molar-refractivity contribution in [2.45, 2.75) is 18.4 Å². The van der Waals surface area contributed by atoms with Crippen LogP contribution in [0.5, 0.6) is 11.5 Å². The SMILES string of the molecule is COCCCNC(=O)[C@H]1c2ccccc2C(=O)N(c2ccc(OC)cc2)[C@@H]1c1ccc(OC)cc1. The lowest BCUT2D eigenvalue weighted by Gasteiger charge is -2.42. The molecule has 182 valence electrons. The fraction of sp³-hybridized carbons (Fsp3) is 0.286. The summed E-state index contributed by atoms with van der Waals surface area (Å²) in [6, 6.07) is 21.6. The Bertz CT molecular complexity index is 1160. The molecule has 0 unspecified atom stereocenters. The van der Waals surface area contributed by atoms with Gasteiger partial charge in [-0.1, -0.05) is 30.3 Å². The number of nitrogens with one attached hydrogen (secondary N) is 1. The van der Waals surface area contributed by atoms with Gasteiger partial charge in [-0.15, -0.1) is 0 Å². The van der Waals surface area contributed by atoms with Gasteiger partial charge in [0.25, 0.3) is 5.91 Å². The van der Waals surface area contributed by atoms with E-state index in [4.69, 9.17) is 14.2 Å². The first-order valence-electron chi connectivity index (χ1n) is 11.6. The normalized spacial score (nSPS) is 17.0. The van der Waals surface area contributed by atoms with E-state index in [2.05, 4.69) is 5.32 Å². The molecule has 0 fully saturated rings. The van der Waals surface area contributed by atoms with Crippen LogP contribution in [0, 0.1) is 0 Å². The van der Waals surface area contributed by atoms with Gasteiger partial charge in [0.05, 0.1) is 26.2 Å². The highest BCUT2D eigenvalue weighted by molar-refractivity contribution is 6.11. The van der Waals surface area contributed by atoms with Crippen molar-refractivity contribution in [1.82, 2.24) is 5.32 Å². The highest BCUT2D eigenvalue weighted by Crippen LogP contribution is 2.45. The van der Waals surface area contributed by atoms with Crippen molar-refractivity contribution in [3.8, 4) is 11.5 Å². The highest BCUT2D eigenvalue weighted by Gasteiger charge is 2.44. The molecule has 0 bridgehead atoms. The van der Waals surface area contributed by atoms with Crippen LogP contribution in [0.3, 0.4) is 0 Å². The van der Waals surface area contributed by atoms with Gasteiger partial charge in [0.2, 0.25) is 5.91 Å². The van der Waals surface area contributed by atoms with Crippen molar-refractivity contribution in [2.75, 3.05) is 39.4 Å². The second kappa shape index (κ2) is 11.1. The van der Waals surface area contributed by atoms with Gasteiger partial charge in [-0.3, -0.25) is 14.5 Å². The molecule has 1 aliphatic heterocycles. The lowest BCUT2D eigenvalue weighted by atomic mass is 9.78. The van der Waals surface area contributed by atoms with E-state index < -0.39 is 12.0 Å². The van der Waals surface area contributed by atoms with Gasteiger partial charge in [-0.2, -0.15) is 0 Å². The quantitative estimate of drug-likeness (QED) is 0.467. The number of carbonyl (C=O) groups is 2. The van der Waals surface area contributed by atoms with E-state index in [1.165, 1.54) is 0 Å². The molecule has 0 aromatic heterocycles. The fourth-order valence-corrected chi connectivity index (χ4v) is 4.52. The molecule has 7 heteroatoms. The van der Waals surface area contributed by atoms with Crippen LogP contribution in [0.4, 0.5) is 5.69 Å². The molecule has 2 amide bonds. The Morgan fingerprint density at radius 1 is 0.886 bits per heavy atom. The third-order valence-electron chi connectivity index (χ3n) is 6.25. The minimum absolute atomic E-state index is 0.139. The maximum absolute atomic E-state index is 13.9. The first-order valence-corrected chi connectivity index (χ1v) is 11.6. The summed E-state index contributed by atoms with van der Waals surface area (Å²) < 4.78 is 15.8. The number of carbonyl (C=O) groups excluding carboxylic acids is 2. The molecule has 35 heavy (non-hydrogen) atoms. The molecule has 0 saturated heterocycles. The zero-order valence-electron chi connectivity index (χ0n) is 20.2. The first kappa shape index (κ1) is 24.3. The number of rotatable bonds is 9. The van der Waals surface area contributed by atoms with Gasteiger partial charge in [-0.25, -0.2) is 0 Å². The molecule has 3 aromatic rings. The van der Waals surface area contributed by atoms with Gasteiger partial charge in [-0.05, 0) is 60.0 Å². The van der Waals surface area contributed by atoms with Crippen LogP contribution >= 0.6 is 0 Å². The standard InChI is InChI=1S/C28H30N2O5/c1-33-18-6-17-29-27(31)25-23-7-4-5-8-24(23)28(32)30(20-11-15-22(35-3)16-12-20)26(25)19-9-13-21(34-2)14-10-19/h4-5,7-16,25-26H,6,17-18H2,1-3H3,(H,29,31)/t25-,26+/m0/s1. The number of hydrogen-bond acceptors (Lipinski definition) is 5. The Morgan fingerprint density at radius 2 is 1.51 bits per heavy atom. The Hall–Kier alpha value is -3.84. The molecule has 1 N–H and O–H groups in total. The molecule has 0 saturated carbocycles. The van der Waals surface area contributed by atoms with Gasteiger partial charge >= 0.3 is 0 Å². The van der Waals surface area contributed by atoms with Crippen LogP contribution in [-0.2, 0) is 9.53 Å². The van der Waals surface area contributed by atoms with Crippen molar-refractivity contribution in [1.29, 1.82) is 0 Å². The minimum Gasteiger partial charge on any atom is -0.497 e. The highest BCUT2D eigenvalue weighted by atomic mass is 16.5. The Morgan fingerprint density at radius 3 is 2.14 bits per heavy atom. The summed E-state index contributed by atoms with van der Waals surface area (Å²) in [7, 11) is 4.84. The predicted octanol–water partition coefficient (Wildman–Crippen LogP) is 4.34. The number of fused-ring (bicyclic) bond motifs is 1. The lowest BCUT2D eigenvalue weighted by molar-refractivity contribution is -0.123. The van der Waals surface area contributed by atoms with Gasteiger partial charge in [0.1, 0.15) is 11.5 Å². The summed E-state index contributed by atoms with van der Waals surface area (Å²) in [5.41, 5.74) is 2.75. The van der Waals surface area contributed by atoms with E-state index in [0.29, 0.717) is 47.9 Å². The third-order valence-corrected chi connectivity index (χ3v) is 6.25. The average Bonchev–Trinajstić information content (AvgIpc) is 2.91. The van der Waals surface area contributed by atoms with E-state index in [1.807, 2.05) is 66.7 Å². The summed E-state index contributed by atoms with van der Waals surface area (Å²) >= 11 is 0. The molecule has 7 nitrogen and oxygen atoms in total. The topological polar surface area (TPSA) is 77.1 Å². The smallest absolute Gasteiger partial charge is 0.259 e. The molecule has 0 radical (unpaired) electrons. The van der Waals surface area contributed by atoms with E-state index in [1.54, 1.807) is 32.3 Å². The molecular weight excluding hydrogens is 444 g/mol. The van der Waals surface area contributed by atoms with Crippen LogP contribution in [0.25, 0.3) is 0 Å². The molecule has 2 atom stereocenters. The molecule has 0 aliphatic carbocycles. The van der Waals surface area contributed by atoms with Crippen molar-refractivity contribution < 1.29 is 23.8 Å². The fourth-order valence-electron chi connectivity index (χ4n) is 4.52. The molecule has 1 heterocycles. The Labute approximate surface area is 205 Å². The van der Waals surface area contributed by atoms with E-state index >= 15 is 0 Å². The zero-order valence-corrected chi connectivity index (χ0v) is 20.2. The second-order valence-electron chi connectivity index (χ2n) is 8.29. The summed E-state index contributed by atoms with van der Waals surface area (Å²) in [5, 5.41) is 3.05. The Balaban J connectivity index is 1.84. The molecular formula is C28H30N2O5. The van der Waals surface area contributed by atoms with E-state index in [9.17, 15) is 9.59 Å². The summed E-state index contributed by atoms with van der Waals surface area (Å²) in [4.78, 5) is 29.3. The van der Waals surface area contributed by atoms with Crippen molar-refractivity contribution >= 4 is 17.5 Å². The van der Waals surface area contributed by atoms with Crippen molar-refractivity contribution in [3.63, 3.8) is 0 Å². The van der Waals surface area contributed by atoms with Gasteiger partial charge in [0.15, 0.2) is 0 Å². The maximum atomic E-state index is 13.9. The van der Waals surface area contributed by atoms with Crippen molar-refractivity contribution in [2.24, 2.45) is 0 Å². The monoisotopic (exact) mass is 474 g/mol. The number of nitrogens with zero attached hydrogens (tertiary/aromatic N) is 1.